The maximum Gasteiger partial charge on any atom is 0.237 e. The molecule has 1 aliphatic heterocycles. The summed E-state index contributed by atoms with van der Waals surface area (Å²) in [4.78, 5) is 14.4. The first kappa shape index (κ1) is 13.8. The molecule has 2 atom stereocenters. The maximum absolute atomic E-state index is 12.1. The van der Waals surface area contributed by atoms with Crippen LogP contribution in [0.1, 0.15) is 45.4 Å². The highest BCUT2D eigenvalue weighted by molar-refractivity contribution is 5.84. The topological polar surface area (TPSA) is 58.4 Å². The SMILES string of the molecule is CCC1CCCC(C(N)=O)(N2CCNCC2)CC1. The number of nitrogens with one attached hydrogen (secondary N) is 1. The van der Waals surface area contributed by atoms with Crippen LogP contribution < -0.4 is 11.1 Å². The second kappa shape index (κ2) is 6.02. The monoisotopic (exact) mass is 253 g/mol. The molecule has 0 radical (unpaired) electrons. The molecule has 104 valence electrons. The Hall–Kier alpha value is -0.610. The third kappa shape index (κ3) is 2.69. The summed E-state index contributed by atoms with van der Waals surface area (Å²) in [5.41, 5.74) is 5.43. The molecule has 1 saturated carbocycles. The number of rotatable bonds is 3. The van der Waals surface area contributed by atoms with Gasteiger partial charge in [0.25, 0.3) is 0 Å². The van der Waals surface area contributed by atoms with Gasteiger partial charge in [0, 0.05) is 26.2 Å². The third-order valence-electron chi connectivity index (χ3n) is 4.93. The molecule has 2 fully saturated rings. The summed E-state index contributed by atoms with van der Waals surface area (Å²) in [7, 11) is 0. The van der Waals surface area contributed by atoms with E-state index in [-0.39, 0.29) is 11.4 Å². The predicted octanol–water partition coefficient (Wildman–Crippen LogP) is 1.11. The second-order valence-corrected chi connectivity index (χ2v) is 5.84. The molecule has 18 heavy (non-hydrogen) atoms. The van der Waals surface area contributed by atoms with E-state index in [0.29, 0.717) is 0 Å². The zero-order valence-corrected chi connectivity index (χ0v) is 11.6. The number of hydrogen-bond acceptors (Lipinski definition) is 3. The van der Waals surface area contributed by atoms with E-state index in [0.717, 1.165) is 57.8 Å². The molecule has 0 bridgehead atoms. The highest BCUT2D eigenvalue weighted by atomic mass is 16.1. The molecule has 0 aromatic heterocycles. The summed E-state index contributed by atoms with van der Waals surface area (Å²) < 4.78 is 0. The molecule has 2 rings (SSSR count). The van der Waals surface area contributed by atoms with E-state index in [1.54, 1.807) is 0 Å². The molecule has 0 aromatic carbocycles. The lowest BCUT2D eigenvalue weighted by atomic mass is 9.86. The Bertz CT molecular complexity index is 289. The van der Waals surface area contributed by atoms with Crippen LogP contribution >= 0.6 is 0 Å². The number of hydrogen-bond donors (Lipinski definition) is 2. The molecule has 3 N–H and O–H groups in total. The van der Waals surface area contributed by atoms with E-state index in [4.69, 9.17) is 5.73 Å². The van der Waals surface area contributed by atoms with Gasteiger partial charge < -0.3 is 11.1 Å². The fourth-order valence-electron chi connectivity index (χ4n) is 3.62. The van der Waals surface area contributed by atoms with E-state index >= 15 is 0 Å². The molecule has 1 heterocycles. The van der Waals surface area contributed by atoms with Crippen molar-refractivity contribution in [1.82, 2.24) is 10.2 Å². The first-order valence-electron chi connectivity index (χ1n) is 7.44. The Labute approximate surface area is 110 Å². The smallest absolute Gasteiger partial charge is 0.237 e. The van der Waals surface area contributed by atoms with Crippen molar-refractivity contribution in [3.8, 4) is 0 Å². The van der Waals surface area contributed by atoms with Gasteiger partial charge in [0.2, 0.25) is 5.91 Å². The standard InChI is InChI=1S/C14H27N3O/c1-2-12-4-3-6-14(7-5-12,13(15)18)17-10-8-16-9-11-17/h12,16H,2-11H2,1H3,(H2,15,18). The van der Waals surface area contributed by atoms with Gasteiger partial charge in [-0.2, -0.15) is 0 Å². The van der Waals surface area contributed by atoms with Crippen LogP contribution in [0, 0.1) is 5.92 Å². The fraction of sp³-hybridized carbons (Fsp3) is 0.929. The van der Waals surface area contributed by atoms with E-state index in [1.807, 2.05) is 0 Å². The number of carbonyl (C=O) groups is 1. The fourth-order valence-corrected chi connectivity index (χ4v) is 3.62. The van der Waals surface area contributed by atoms with Gasteiger partial charge in [-0.1, -0.05) is 26.2 Å². The van der Waals surface area contributed by atoms with Crippen LogP contribution in [0.15, 0.2) is 0 Å². The van der Waals surface area contributed by atoms with Gasteiger partial charge in [-0.3, -0.25) is 9.69 Å². The first-order valence-corrected chi connectivity index (χ1v) is 7.44. The van der Waals surface area contributed by atoms with E-state index in [9.17, 15) is 4.79 Å². The van der Waals surface area contributed by atoms with Crippen LogP contribution in [0.25, 0.3) is 0 Å². The van der Waals surface area contributed by atoms with Crippen molar-refractivity contribution in [2.45, 2.75) is 51.0 Å². The van der Waals surface area contributed by atoms with Crippen molar-refractivity contribution < 1.29 is 4.79 Å². The normalized spacial score (nSPS) is 35.1. The predicted molar refractivity (Wildman–Crippen MR) is 73.2 cm³/mol. The van der Waals surface area contributed by atoms with E-state index in [1.165, 1.54) is 12.8 Å². The number of amides is 1. The van der Waals surface area contributed by atoms with Crippen LogP contribution in [-0.2, 0) is 4.79 Å². The highest BCUT2D eigenvalue weighted by Crippen LogP contribution is 2.36. The van der Waals surface area contributed by atoms with Gasteiger partial charge in [0.05, 0.1) is 0 Å². The number of primary amides is 1. The van der Waals surface area contributed by atoms with Crippen LogP contribution in [0.2, 0.25) is 0 Å². The summed E-state index contributed by atoms with van der Waals surface area (Å²) in [5, 5.41) is 3.35. The van der Waals surface area contributed by atoms with Crippen LogP contribution in [-0.4, -0.2) is 42.5 Å². The van der Waals surface area contributed by atoms with Crippen molar-refractivity contribution >= 4 is 5.91 Å². The molecule has 2 aliphatic rings. The minimum absolute atomic E-state index is 0.0962. The van der Waals surface area contributed by atoms with Crippen LogP contribution in [0.5, 0.6) is 0 Å². The Kier molecular flexibility index (Phi) is 4.62. The minimum atomic E-state index is -0.355. The Morgan fingerprint density at radius 1 is 1.33 bits per heavy atom. The van der Waals surface area contributed by atoms with Gasteiger partial charge in [-0.05, 0) is 25.2 Å². The molecule has 0 aromatic rings. The zero-order valence-electron chi connectivity index (χ0n) is 11.6. The number of carbonyl (C=O) groups excluding carboxylic acids is 1. The van der Waals surface area contributed by atoms with Crippen molar-refractivity contribution in [3.63, 3.8) is 0 Å². The molecule has 2 unspecified atom stereocenters. The van der Waals surface area contributed by atoms with Gasteiger partial charge in [-0.25, -0.2) is 0 Å². The largest absolute Gasteiger partial charge is 0.368 e. The second-order valence-electron chi connectivity index (χ2n) is 5.84. The van der Waals surface area contributed by atoms with Gasteiger partial charge in [0.15, 0.2) is 0 Å². The molecule has 1 aliphatic carbocycles. The molecule has 1 saturated heterocycles. The average Bonchev–Trinajstić information content (AvgIpc) is 2.63. The van der Waals surface area contributed by atoms with E-state index < -0.39 is 0 Å². The summed E-state index contributed by atoms with van der Waals surface area (Å²) in [6.45, 7) is 6.13. The van der Waals surface area contributed by atoms with Crippen molar-refractivity contribution in [3.05, 3.63) is 0 Å². The van der Waals surface area contributed by atoms with Crippen molar-refractivity contribution in [2.24, 2.45) is 11.7 Å². The third-order valence-corrected chi connectivity index (χ3v) is 4.93. The zero-order chi connectivity index (χ0) is 13.0. The quantitative estimate of drug-likeness (QED) is 0.741. The summed E-state index contributed by atoms with van der Waals surface area (Å²) in [6.07, 6.45) is 6.71. The van der Waals surface area contributed by atoms with Gasteiger partial charge in [0.1, 0.15) is 5.54 Å². The summed E-state index contributed by atoms with van der Waals surface area (Å²) in [5.74, 6) is 0.690. The van der Waals surface area contributed by atoms with E-state index in [2.05, 4.69) is 17.1 Å². The van der Waals surface area contributed by atoms with Gasteiger partial charge >= 0.3 is 0 Å². The lowest BCUT2D eigenvalue weighted by Crippen LogP contribution is -2.62. The molecular weight excluding hydrogens is 226 g/mol. The lowest BCUT2D eigenvalue weighted by Gasteiger charge is -2.43. The Morgan fingerprint density at radius 2 is 2.06 bits per heavy atom. The maximum atomic E-state index is 12.1. The number of nitrogens with zero attached hydrogens (tertiary/aromatic N) is 1. The average molecular weight is 253 g/mol. The summed E-state index contributed by atoms with van der Waals surface area (Å²) in [6, 6.07) is 0. The van der Waals surface area contributed by atoms with Crippen molar-refractivity contribution in [2.75, 3.05) is 26.2 Å². The van der Waals surface area contributed by atoms with Crippen LogP contribution in [0.4, 0.5) is 0 Å². The lowest BCUT2D eigenvalue weighted by molar-refractivity contribution is -0.132. The number of piperazine rings is 1. The Balaban J connectivity index is 2.12. The summed E-state index contributed by atoms with van der Waals surface area (Å²) >= 11 is 0. The molecule has 4 heteroatoms. The minimum Gasteiger partial charge on any atom is -0.368 e. The Morgan fingerprint density at radius 3 is 2.67 bits per heavy atom. The van der Waals surface area contributed by atoms with Gasteiger partial charge in [-0.15, -0.1) is 0 Å². The first-order chi connectivity index (χ1) is 8.69. The molecular formula is C14H27N3O. The van der Waals surface area contributed by atoms with Crippen molar-refractivity contribution in [1.29, 1.82) is 0 Å². The molecule has 4 nitrogen and oxygen atoms in total. The molecule has 1 amide bonds. The van der Waals surface area contributed by atoms with Crippen LogP contribution in [0.3, 0.4) is 0 Å². The highest BCUT2D eigenvalue weighted by Gasteiger charge is 2.43. The molecule has 0 spiro atoms. The number of nitrogens with two attached hydrogens (primary N) is 1.